The molecule has 1 aromatic rings. The quantitative estimate of drug-likeness (QED) is 0.807. The van der Waals surface area contributed by atoms with Crippen molar-refractivity contribution in [3.05, 3.63) is 35.4 Å². The molecule has 0 bridgehead atoms. The molecule has 0 saturated carbocycles. The zero-order valence-electron chi connectivity index (χ0n) is 11.1. The summed E-state index contributed by atoms with van der Waals surface area (Å²) in [6.45, 7) is 5.92. The van der Waals surface area contributed by atoms with Crippen molar-refractivity contribution in [1.82, 2.24) is 9.80 Å². The van der Waals surface area contributed by atoms with Crippen LogP contribution in [-0.4, -0.2) is 49.6 Å². The molecular formula is C15H21N3. The maximum Gasteiger partial charge on any atom is 0.0991 e. The smallest absolute Gasteiger partial charge is 0.0991 e. The van der Waals surface area contributed by atoms with Crippen molar-refractivity contribution in [3.8, 4) is 6.07 Å². The first-order valence-corrected chi connectivity index (χ1v) is 6.68. The van der Waals surface area contributed by atoms with Crippen LogP contribution < -0.4 is 0 Å². The van der Waals surface area contributed by atoms with Gasteiger partial charge >= 0.3 is 0 Å². The molecule has 0 aromatic heterocycles. The summed E-state index contributed by atoms with van der Waals surface area (Å²) < 4.78 is 0. The molecule has 3 nitrogen and oxygen atoms in total. The van der Waals surface area contributed by atoms with Gasteiger partial charge in [0, 0.05) is 26.2 Å². The minimum Gasteiger partial charge on any atom is -0.304 e. The molecule has 0 spiro atoms. The lowest BCUT2D eigenvalue weighted by molar-refractivity contribution is 0.153. The maximum atomic E-state index is 8.85. The first-order chi connectivity index (χ1) is 8.78. The van der Waals surface area contributed by atoms with Crippen LogP contribution >= 0.6 is 0 Å². The van der Waals surface area contributed by atoms with Crippen LogP contribution in [0.25, 0.3) is 0 Å². The van der Waals surface area contributed by atoms with Gasteiger partial charge in [0.2, 0.25) is 0 Å². The second-order valence-electron chi connectivity index (χ2n) is 5.06. The predicted octanol–water partition coefficient (Wildman–Crippen LogP) is 1.74. The molecule has 0 amide bonds. The van der Waals surface area contributed by atoms with Gasteiger partial charge in [-0.05, 0) is 44.1 Å². The average molecular weight is 243 g/mol. The fourth-order valence-corrected chi connectivity index (χ4v) is 2.37. The van der Waals surface area contributed by atoms with Crippen molar-refractivity contribution in [2.45, 2.75) is 12.8 Å². The molecule has 0 unspecified atom stereocenters. The lowest BCUT2D eigenvalue weighted by atomic mass is 10.1. The molecule has 1 aliphatic rings. The minimum absolute atomic E-state index is 0.770. The first kappa shape index (κ1) is 13.1. The van der Waals surface area contributed by atoms with E-state index in [-0.39, 0.29) is 0 Å². The van der Waals surface area contributed by atoms with Crippen molar-refractivity contribution in [2.24, 2.45) is 0 Å². The van der Waals surface area contributed by atoms with Gasteiger partial charge in [0.25, 0.3) is 0 Å². The van der Waals surface area contributed by atoms with Crippen LogP contribution in [0.3, 0.4) is 0 Å². The molecule has 96 valence electrons. The average Bonchev–Trinajstić information content (AvgIpc) is 2.41. The third-order valence-electron chi connectivity index (χ3n) is 3.59. The monoisotopic (exact) mass is 243 g/mol. The van der Waals surface area contributed by atoms with E-state index in [9.17, 15) is 0 Å². The highest BCUT2D eigenvalue weighted by atomic mass is 15.2. The van der Waals surface area contributed by atoms with Crippen molar-refractivity contribution in [1.29, 1.82) is 5.26 Å². The van der Waals surface area contributed by atoms with E-state index in [1.807, 2.05) is 18.2 Å². The van der Waals surface area contributed by atoms with E-state index < -0.39 is 0 Å². The third-order valence-corrected chi connectivity index (χ3v) is 3.59. The Hall–Kier alpha value is -1.37. The summed E-state index contributed by atoms with van der Waals surface area (Å²) in [5, 5.41) is 8.85. The molecular weight excluding hydrogens is 222 g/mol. The van der Waals surface area contributed by atoms with Gasteiger partial charge < -0.3 is 9.80 Å². The fraction of sp³-hybridized carbons (Fsp3) is 0.533. The van der Waals surface area contributed by atoms with Gasteiger partial charge in [0.05, 0.1) is 11.6 Å². The summed E-state index contributed by atoms with van der Waals surface area (Å²) >= 11 is 0. The molecule has 2 rings (SSSR count). The topological polar surface area (TPSA) is 30.3 Å². The number of likely N-dealkylation sites (N-methyl/N-ethyl adjacent to an activating group) is 1. The van der Waals surface area contributed by atoms with Gasteiger partial charge in [-0.1, -0.05) is 12.1 Å². The predicted molar refractivity (Wildman–Crippen MR) is 73.4 cm³/mol. The van der Waals surface area contributed by atoms with E-state index >= 15 is 0 Å². The van der Waals surface area contributed by atoms with Crippen LogP contribution in [0.15, 0.2) is 24.3 Å². The maximum absolute atomic E-state index is 8.85. The van der Waals surface area contributed by atoms with Crippen LogP contribution in [0, 0.1) is 11.3 Å². The lowest BCUT2D eigenvalue weighted by Crippen LogP contribution is -2.44. The Morgan fingerprint density at radius 1 is 1.22 bits per heavy atom. The standard InChI is InChI=1S/C15H21N3/c1-17-8-10-18(11-9-17)7-3-6-14-4-2-5-15(12-14)13-16/h2,4-5,12H,3,6-11H2,1H3. The van der Waals surface area contributed by atoms with Crippen LogP contribution in [0.5, 0.6) is 0 Å². The first-order valence-electron chi connectivity index (χ1n) is 6.68. The molecule has 1 saturated heterocycles. The summed E-state index contributed by atoms with van der Waals surface area (Å²) in [4.78, 5) is 4.92. The van der Waals surface area contributed by atoms with Gasteiger partial charge in [0.15, 0.2) is 0 Å². The molecule has 18 heavy (non-hydrogen) atoms. The Morgan fingerprint density at radius 3 is 2.72 bits per heavy atom. The number of benzene rings is 1. The van der Waals surface area contributed by atoms with Gasteiger partial charge in [-0.2, -0.15) is 5.26 Å². The summed E-state index contributed by atoms with van der Waals surface area (Å²) in [6.07, 6.45) is 2.25. The fourth-order valence-electron chi connectivity index (χ4n) is 2.37. The van der Waals surface area contributed by atoms with Crippen LogP contribution in [0.1, 0.15) is 17.5 Å². The Balaban J connectivity index is 1.73. The van der Waals surface area contributed by atoms with Crippen molar-refractivity contribution < 1.29 is 0 Å². The molecule has 1 aromatic carbocycles. The number of hydrogen-bond donors (Lipinski definition) is 0. The summed E-state index contributed by atoms with van der Waals surface area (Å²) in [5.74, 6) is 0. The number of hydrogen-bond acceptors (Lipinski definition) is 3. The zero-order valence-corrected chi connectivity index (χ0v) is 11.1. The second kappa shape index (κ2) is 6.53. The van der Waals surface area contributed by atoms with Crippen molar-refractivity contribution >= 4 is 0 Å². The van der Waals surface area contributed by atoms with Gasteiger partial charge in [-0.3, -0.25) is 0 Å². The molecule has 0 aliphatic carbocycles. The SMILES string of the molecule is CN1CCN(CCCc2cccc(C#N)c2)CC1. The van der Waals surface area contributed by atoms with Crippen molar-refractivity contribution in [2.75, 3.05) is 39.8 Å². The molecule has 1 heterocycles. The summed E-state index contributed by atoms with van der Waals surface area (Å²) in [7, 11) is 2.19. The molecule has 0 radical (unpaired) electrons. The highest BCUT2D eigenvalue weighted by Crippen LogP contribution is 2.08. The van der Waals surface area contributed by atoms with Crippen molar-refractivity contribution in [3.63, 3.8) is 0 Å². The van der Waals surface area contributed by atoms with Gasteiger partial charge in [-0.15, -0.1) is 0 Å². The molecule has 0 atom stereocenters. The van der Waals surface area contributed by atoms with E-state index in [2.05, 4.69) is 29.0 Å². The highest BCUT2D eigenvalue weighted by Gasteiger charge is 2.12. The zero-order chi connectivity index (χ0) is 12.8. The summed E-state index contributed by atoms with van der Waals surface area (Å²) in [6, 6.07) is 10.2. The Labute approximate surface area is 110 Å². The molecule has 1 fully saturated rings. The van der Waals surface area contributed by atoms with Crippen LogP contribution in [0.2, 0.25) is 0 Å². The van der Waals surface area contributed by atoms with E-state index in [1.165, 1.54) is 44.7 Å². The summed E-state index contributed by atoms with van der Waals surface area (Å²) in [5.41, 5.74) is 2.05. The highest BCUT2D eigenvalue weighted by molar-refractivity contribution is 5.32. The van der Waals surface area contributed by atoms with Gasteiger partial charge in [-0.25, -0.2) is 0 Å². The van der Waals surface area contributed by atoms with E-state index in [1.54, 1.807) is 0 Å². The number of rotatable bonds is 4. The normalized spacial score (nSPS) is 17.6. The number of aryl methyl sites for hydroxylation is 1. The van der Waals surface area contributed by atoms with Gasteiger partial charge in [0.1, 0.15) is 0 Å². The largest absolute Gasteiger partial charge is 0.304 e. The number of piperazine rings is 1. The lowest BCUT2D eigenvalue weighted by Gasteiger charge is -2.32. The molecule has 1 aliphatic heterocycles. The van der Waals surface area contributed by atoms with E-state index in [4.69, 9.17) is 5.26 Å². The van der Waals surface area contributed by atoms with E-state index in [0.29, 0.717) is 0 Å². The number of nitrogens with zero attached hydrogens (tertiary/aromatic N) is 3. The Morgan fingerprint density at radius 2 is 2.00 bits per heavy atom. The van der Waals surface area contributed by atoms with Crippen LogP contribution in [-0.2, 0) is 6.42 Å². The van der Waals surface area contributed by atoms with E-state index in [0.717, 1.165) is 12.0 Å². The third kappa shape index (κ3) is 3.83. The Bertz CT molecular complexity index is 414. The van der Waals surface area contributed by atoms with Crippen LogP contribution in [0.4, 0.5) is 0 Å². The number of nitriles is 1. The molecule has 3 heteroatoms. The molecule has 0 N–H and O–H groups in total. The Kier molecular flexibility index (Phi) is 4.74. The second-order valence-corrected chi connectivity index (χ2v) is 5.06. The minimum atomic E-state index is 0.770.